The van der Waals surface area contributed by atoms with Gasteiger partial charge in [0.05, 0.1) is 6.10 Å². The van der Waals surface area contributed by atoms with Gasteiger partial charge in [0, 0.05) is 19.2 Å². The molecule has 1 aromatic rings. The van der Waals surface area contributed by atoms with E-state index in [1.165, 1.54) is 38.2 Å². The molecule has 116 valence electrons. The van der Waals surface area contributed by atoms with Crippen LogP contribution in [0.15, 0.2) is 27.3 Å². The summed E-state index contributed by atoms with van der Waals surface area (Å²) in [5.41, 5.74) is 0. The van der Waals surface area contributed by atoms with Crippen molar-refractivity contribution in [1.29, 1.82) is 0 Å². The predicted molar refractivity (Wildman–Crippen MR) is 85.9 cm³/mol. The third-order valence-corrected chi connectivity index (χ3v) is 3.95. The van der Waals surface area contributed by atoms with Gasteiger partial charge in [0.25, 0.3) is 0 Å². The minimum Gasteiger partial charge on any atom is -0.450 e. The number of carbonyl (C=O) groups is 1. The lowest BCUT2D eigenvalue weighted by molar-refractivity contribution is -0.116. The Hall–Kier alpha value is -1.07. The second kappa shape index (κ2) is 9.05. The molecular formula is C16H22BrNO3. The van der Waals surface area contributed by atoms with Crippen LogP contribution in [-0.4, -0.2) is 25.2 Å². The van der Waals surface area contributed by atoms with Crippen molar-refractivity contribution in [2.75, 3.05) is 13.2 Å². The van der Waals surface area contributed by atoms with E-state index in [1.807, 2.05) is 0 Å². The maximum Gasteiger partial charge on any atom is 0.244 e. The molecule has 1 saturated carbocycles. The molecule has 0 atom stereocenters. The van der Waals surface area contributed by atoms with Gasteiger partial charge in [-0.1, -0.05) is 19.3 Å². The standard InChI is InChI=1S/C16H22BrNO3/c17-15-9-7-14(21-15)8-10-16(19)18-11-4-12-20-13-5-2-1-3-6-13/h7-10,13H,1-6,11-12H2,(H,18,19). The van der Waals surface area contributed by atoms with Crippen molar-refractivity contribution < 1.29 is 13.9 Å². The molecular weight excluding hydrogens is 334 g/mol. The zero-order chi connectivity index (χ0) is 14.9. The summed E-state index contributed by atoms with van der Waals surface area (Å²) in [5, 5.41) is 2.84. The smallest absolute Gasteiger partial charge is 0.244 e. The van der Waals surface area contributed by atoms with E-state index in [9.17, 15) is 4.79 Å². The first kappa shape index (κ1) is 16.3. The number of halogens is 1. The van der Waals surface area contributed by atoms with Gasteiger partial charge < -0.3 is 14.5 Å². The average Bonchev–Trinajstić information content (AvgIpc) is 2.91. The number of carbonyl (C=O) groups excluding carboxylic acids is 1. The molecule has 1 aliphatic carbocycles. The molecule has 0 unspecified atom stereocenters. The van der Waals surface area contributed by atoms with Gasteiger partial charge in [-0.3, -0.25) is 4.79 Å². The number of ether oxygens (including phenoxy) is 1. The van der Waals surface area contributed by atoms with Gasteiger partial charge in [-0.05, 0) is 53.4 Å². The minimum absolute atomic E-state index is 0.111. The van der Waals surface area contributed by atoms with Crippen molar-refractivity contribution in [3.8, 4) is 0 Å². The van der Waals surface area contributed by atoms with E-state index in [-0.39, 0.29) is 5.91 Å². The molecule has 0 bridgehead atoms. The summed E-state index contributed by atoms with van der Waals surface area (Å²) in [7, 11) is 0. The zero-order valence-corrected chi connectivity index (χ0v) is 13.7. The highest BCUT2D eigenvalue weighted by Gasteiger charge is 2.12. The second-order valence-electron chi connectivity index (χ2n) is 5.25. The average molecular weight is 356 g/mol. The lowest BCUT2D eigenvalue weighted by Gasteiger charge is -2.21. The molecule has 1 aliphatic rings. The van der Waals surface area contributed by atoms with Crippen LogP contribution in [0.3, 0.4) is 0 Å². The monoisotopic (exact) mass is 355 g/mol. The summed E-state index contributed by atoms with van der Waals surface area (Å²) in [4.78, 5) is 11.6. The number of hydrogen-bond donors (Lipinski definition) is 1. The molecule has 0 aliphatic heterocycles. The molecule has 2 rings (SSSR count). The fourth-order valence-electron chi connectivity index (χ4n) is 2.40. The molecule has 1 heterocycles. The molecule has 1 amide bonds. The third kappa shape index (κ3) is 6.48. The maximum atomic E-state index is 11.6. The second-order valence-corrected chi connectivity index (χ2v) is 6.03. The van der Waals surface area contributed by atoms with E-state index >= 15 is 0 Å². The summed E-state index contributed by atoms with van der Waals surface area (Å²) in [6.07, 6.45) is 10.7. The van der Waals surface area contributed by atoms with Gasteiger partial charge in [-0.2, -0.15) is 0 Å². The number of furan rings is 1. The normalized spacial score (nSPS) is 16.4. The Morgan fingerprint density at radius 1 is 1.38 bits per heavy atom. The first-order valence-corrected chi connectivity index (χ1v) is 8.36. The maximum absolute atomic E-state index is 11.6. The molecule has 0 radical (unpaired) electrons. The van der Waals surface area contributed by atoms with E-state index in [2.05, 4.69) is 21.2 Å². The molecule has 0 spiro atoms. The van der Waals surface area contributed by atoms with E-state index < -0.39 is 0 Å². The van der Waals surface area contributed by atoms with Crippen molar-refractivity contribution in [2.45, 2.75) is 44.6 Å². The zero-order valence-electron chi connectivity index (χ0n) is 12.1. The quantitative estimate of drug-likeness (QED) is 0.595. The molecule has 1 N–H and O–H groups in total. The highest BCUT2D eigenvalue weighted by atomic mass is 79.9. The van der Waals surface area contributed by atoms with Crippen LogP contribution in [0.25, 0.3) is 6.08 Å². The van der Waals surface area contributed by atoms with Crippen LogP contribution < -0.4 is 5.32 Å². The summed E-state index contributed by atoms with van der Waals surface area (Å²) in [6, 6.07) is 3.59. The molecule has 1 aromatic heterocycles. The molecule has 1 fully saturated rings. The number of nitrogens with one attached hydrogen (secondary N) is 1. The Morgan fingerprint density at radius 2 is 2.19 bits per heavy atom. The number of rotatable bonds is 7. The highest BCUT2D eigenvalue weighted by Crippen LogP contribution is 2.20. The van der Waals surface area contributed by atoms with Crippen LogP contribution in [0.4, 0.5) is 0 Å². The Kier molecular flexibility index (Phi) is 7.03. The summed E-state index contributed by atoms with van der Waals surface area (Å²) in [6.45, 7) is 1.36. The fourth-order valence-corrected chi connectivity index (χ4v) is 2.72. The summed E-state index contributed by atoms with van der Waals surface area (Å²) in [5.74, 6) is 0.540. The van der Waals surface area contributed by atoms with Crippen LogP contribution in [-0.2, 0) is 9.53 Å². The van der Waals surface area contributed by atoms with Crippen molar-refractivity contribution in [1.82, 2.24) is 5.32 Å². The Morgan fingerprint density at radius 3 is 2.90 bits per heavy atom. The van der Waals surface area contributed by atoms with Crippen molar-refractivity contribution in [2.24, 2.45) is 0 Å². The first-order chi connectivity index (χ1) is 10.2. The minimum atomic E-state index is -0.111. The van der Waals surface area contributed by atoms with Crippen molar-refractivity contribution >= 4 is 27.9 Å². The van der Waals surface area contributed by atoms with E-state index in [0.717, 1.165) is 13.0 Å². The molecule has 0 saturated heterocycles. The Balaban J connectivity index is 1.53. The van der Waals surface area contributed by atoms with Crippen molar-refractivity contribution in [3.63, 3.8) is 0 Å². The summed E-state index contributed by atoms with van der Waals surface area (Å²) < 4.78 is 11.7. The molecule has 0 aromatic carbocycles. The molecule has 4 nitrogen and oxygen atoms in total. The first-order valence-electron chi connectivity index (χ1n) is 7.57. The van der Waals surface area contributed by atoms with Crippen LogP contribution in [0.1, 0.15) is 44.3 Å². The van der Waals surface area contributed by atoms with E-state index in [4.69, 9.17) is 9.15 Å². The Labute approximate surface area is 134 Å². The predicted octanol–water partition coefficient (Wildman–Crippen LogP) is 3.91. The number of amides is 1. The highest BCUT2D eigenvalue weighted by molar-refractivity contribution is 9.10. The van der Waals surface area contributed by atoms with Crippen LogP contribution in [0.2, 0.25) is 0 Å². The van der Waals surface area contributed by atoms with Crippen LogP contribution >= 0.6 is 15.9 Å². The lowest BCUT2D eigenvalue weighted by atomic mass is 9.98. The number of hydrogen-bond acceptors (Lipinski definition) is 3. The van der Waals surface area contributed by atoms with Crippen LogP contribution in [0, 0.1) is 0 Å². The van der Waals surface area contributed by atoms with Gasteiger partial charge in [-0.25, -0.2) is 0 Å². The van der Waals surface area contributed by atoms with E-state index in [0.29, 0.717) is 23.1 Å². The fraction of sp³-hybridized carbons (Fsp3) is 0.562. The lowest BCUT2D eigenvalue weighted by Crippen LogP contribution is -2.24. The van der Waals surface area contributed by atoms with Gasteiger partial charge in [0.15, 0.2) is 4.67 Å². The largest absolute Gasteiger partial charge is 0.450 e. The molecule has 5 heteroatoms. The van der Waals surface area contributed by atoms with Crippen LogP contribution in [0.5, 0.6) is 0 Å². The topological polar surface area (TPSA) is 51.5 Å². The van der Waals surface area contributed by atoms with E-state index in [1.54, 1.807) is 18.2 Å². The SMILES string of the molecule is O=C(C=Cc1ccc(Br)o1)NCCCOC1CCCCC1. The van der Waals surface area contributed by atoms with Gasteiger partial charge in [0.2, 0.25) is 5.91 Å². The van der Waals surface area contributed by atoms with Gasteiger partial charge in [0.1, 0.15) is 5.76 Å². The summed E-state index contributed by atoms with van der Waals surface area (Å²) >= 11 is 3.22. The molecule has 21 heavy (non-hydrogen) atoms. The van der Waals surface area contributed by atoms with Crippen molar-refractivity contribution in [3.05, 3.63) is 28.6 Å². The van der Waals surface area contributed by atoms with Gasteiger partial charge >= 0.3 is 0 Å². The Bertz CT molecular complexity index is 464. The third-order valence-electron chi connectivity index (χ3n) is 3.52. The van der Waals surface area contributed by atoms with Gasteiger partial charge in [-0.15, -0.1) is 0 Å².